The standard InChI is InChI=1S/C15H10BrNO2/c16-10-6-7-12-11(8-10)13(14(18)15(19)17-12)9-4-2-1-3-5-9/h1-8,18H,(H,17,19). The minimum absolute atomic E-state index is 0.253. The molecule has 0 unspecified atom stereocenters. The number of pyridine rings is 1. The van der Waals surface area contributed by atoms with Crippen LogP contribution >= 0.6 is 15.9 Å². The molecule has 0 atom stereocenters. The first-order valence-electron chi connectivity index (χ1n) is 5.77. The fraction of sp³-hybridized carbons (Fsp3) is 0. The Hall–Kier alpha value is -2.07. The van der Waals surface area contributed by atoms with Gasteiger partial charge in [0.2, 0.25) is 0 Å². The fourth-order valence-electron chi connectivity index (χ4n) is 2.15. The molecule has 3 rings (SSSR count). The van der Waals surface area contributed by atoms with Gasteiger partial charge in [0, 0.05) is 20.9 Å². The van der Waals surface area contributed by atoms with Crippen LogP contribution in [0.4, 0.5) is 0 Å². The molecule has 0 radical (unpaired) electrons. The third-order valence-electron chi connectivity index (χ3n) is 3.01. The Morgan fingerprint density at radius 1 is 1.05 bits per heavy atom. The maximum atomic E-state index is 11.8. The molecule has 19 heavy (non-hydrogen) atoms. The molecule has 4 heteroatoms. The van der Waals surface area contributed by atoms with Gasteiger partial charge >= 0.3 is 0 Å². The highest BCUT2D eigenvalue weighted by Crippen LogP contribution is 2.34. The summed E-state index contributed by atoms with van der Waals surface area (Å²) >= 11 is 3.41. The molecule has 0 aliphatic carbocycles. The van der Waals surface area contributed by atoms with E-state index in [0.717, 1.165) is 15.4 Å². The molecule has 2 N–H and O–H groups in total. The maximum Gasteiger partial charge on any atom is 0.291 e. The van der Waals surface area contributed by atoms with Crippen LogP contribution in [0.25, 0.3) is 22.0 Å². The number of hydrogen-bond donors (Lipinski definition) is 2. The molecule has 0 aliphatic heterocycles. The number of rotatable bonds is 1. The van der Waals surface area contributed by atoms with Crippen molar-refractivity contribution in [2.24, 2.45) is 0 Å². The largest absolute Gasteiger partial charge is 0.503 e. The summed E-state index contributed by atoms with van der Waals surface area (Å²) in [5.41, 5.74) is 1.59. The van der Waals surface area contributed by atoms with Gasteiger partial charge in [-0.1, -0.05) is 46.3 Å². The predicted molar refractivity (Wildman–Crippen MR) is 79.4 cm³/mol. The second kappa shape index (κ2) is 4.55. The molecule has 3 nitrogen and oxygen atoms in total. The number of nitrogens with one attached hydrogen (secondary N) is 1. The van der Waals surface area contributed by atoms with Crippen LogP contribution in [0.1, 0.15) is 0 Å². The van der Waals surface area contributed by atoms with E-state index in [4.69, 9.17) is 0 Å². The average molecular weight is 316 g/mol. The second-order valence-corrected chi connectivity index (χ2v) is 5.15. The predicted octanol–water partition coefficient (Wildman–Crippen LogP) is 3.66. The summed E-state index contributed by atoms with van der Waals surface area (Å²) in [7, 11) is 0. The summed E-state index contributed by atoms with van der Waals surface area (Å²) in [5, 5.41) is 10.9. The number of fused-ring (bicyclic) bond motifs is 1. The Kier molecular flexibility index (Phi) is 2.87. The number of H-pyrrole nitrogens is 1. The molecule has 1 heterocycles. The number of benzene rings is 2. The Morgan fingerprint density at radius 2 is 1.79 bits per heavy atom. The lowest BCUT2D eigenvalue weighted by atomic mass is 10.0. The van der Waals surface area contributed by atoms with Gasteiger partial charge < -0.3 is 10.1 Å². The van der Waals surface area contributed by atoms with Gasteiger partial charge in [0.05, 0.1) is 0 Å². The lowest BCUT2D eigenvalue weighted by Gasteiger charge is -2.09. The minimum atomic E-state index is -0.478. The normalized spacial score (nSPS) is 10.8. The molecule has 0 saturated carbocycles. The molecule has 0 fully saturated rings. The summed E-state index contributed by atoms with van der Waals surface area (Å²) in [6.45, 7) is 0. The van der Waals surface area contributed by atoms with Crippen molar-refractivity contribution in [2.45, 2.75) is 0 Å². The van der Waals surface area contributed by atoms with E-state index >= 15 is 0 Å². The number of aromatic hydroxyl groups is 1. The van der Waals surface area contributed by atoms with Gasteiger partial charge in [0.1, 0.15) is 0 Å². The van der Waals surface area contributed by atoms with Gasteiger partial charge in [0.25, 0.3) is 5.56 Å². The van der Waals surface area contributed by atoms with E-state index in [-0.39, 0.29) is 5.75 Å². The first kappa shape index (κ1) is 12.0. The van der Waals surface area contributed by atoms with Crippen LogP contribution in [0.3, 0.4) is 0 Å². The molecule has 94 valence electrons. The zero-order chi connectivity index (χ0) is 13.4. The van der Waals surface area contributed by atoms with Crippen molar-refractivity contribution in [1.82, 2.24) is 4.98 Å². The average Bonchev–Trinajstić information content (AvgIpc) is 2.42. The summed E-state index contributed by atoms with van der Waals surface area (Å²) in [6, 6.07) is 14.9. The lowest BCUT2D eigenvalue weighted by molar-refractivity contribution is 0.470. The molecule has 0 saturated heterocycles. The molecule has 0 aliphatic rings. The van der Waals surface area contributed by atoms with E-state index in [1.807, 2.05) is 48.5 Å². The van der Waals surface area contributed by atoms with Crippen molar-refractivity contribution in [3.63, 3.8) is 0 Å². The van der Waals surface area contributed by atoms with Crippen LogP contribution in [0.15, 0.2) is 57.8 Å². The SMILES string of the molecule is O=c1[nH]c2ccc(Br)cc2c(-c2ccccc2)c1O. The molecule has 0 amide bonds. The van der Waals surface area contributed by atoms with Gasteiger partial charge in [-0.05, 0) is 23.8 Å². The van der Waals surface area contributed by atoms with Crippen LogP contribution in [-0.4, -0.2) is 10.1 Å². The molecule has 1 aromatic heterocycles. The third-order valence-corrected chi connectivity index (χ3v) is 3.51. The molecular weight excluding hydrogens is 306 g/mol. The highest BCUT2D eigenvalue weighted by atomic mass is 79.9. The fourth-order valence-corrected chi connectivity index (χ4v) is 2.51. The summed E-state index contributed by atoms with van der Waals surface area (Å²) in [5.74, 6) is -0.253. The number of halogens is 1. The third kappa shape index (κ3) is 2.04. The van der Waals surface area contributed by atoms with Gasteiger partial charge in [0.15, 0.2) is 5.75 Å². The lowest BCUT2D eigenvalue weighted by Crippen LogP contribution is -2.06. The highest BCUT2D eigenvalue weighted by molar-refractivity contribution is 9.10. The Balaban J connectivity index is 2.48. The number of hydrogen-bond acceptors (Lipinski definition) is 2. The highest BCUT2D eigenvalue weighted by Gasteiger charge is 2.13. The van der Waals surface area contributed by atoms with Crippen LogP contribution in [0, 0.1) is 0 Å². The smallest absolute Gasteiger partial charge is 0.291 e. The number of aromatic amines is 1. The minimum Gasteiger partial charge on any atom is -0.503 e. The van der Waals surface area contributed by atoms with E-state index in [9.17, 15) is 9.90 Å². The zero-order valence-electron chi connectivity index (χ0n) is 9.85. The molecule has 0 spiro atoms. The van der Waals surface area contributed by atoms with Gasteiger partial charge in [-0.25, -0.2) is 0 Å². The molecule has 3 aromatic rings. The van der Waals surface area contributed by atoms with Gasteiger partial charge in [-0.3, -0.25) is 4.79 Å². The van der Waals surface area contributed by atoms with Crippen LogP contribution in [0.5, 0.6) is 5.75 Å². The van der Waals surface area contributed by atoms with E-state index < -0.39 is 5.56 Å². The zero-order valence-corrected chi connectivity index (χ0v) is 11.4. The molecule has 2 aromatic carbocycles. The van der Waals surface area contributed by atoms with E-state index in [1.54, 1.807) is 0 Å². The van der Waals surface area contributed by atoms with E-state index in [1.165, 1.54) is 0 Å². The van der Waals surface area contributed by atoms with E-state index in [0.29, 0.717) is 11.1 Å². The Morgan fingerprint density at radius 3 is 2.53 bits per heavy atom. The summed E-state index contributed by atoms with van der Waals surface area (Å²) in [6.07, 6.45) is 0. The number of aromatic nitrogens is 1. The first-order chi connectivity index (χ1) is 9.16. The monoisotopic (exact) mass is 315 g/mol. The van der Waals surface area contributed by atoms with Crippen molar-refractivity contribution in [1.29, 1.82) is 0 Å². The Bertz CT molecular complexity index is 809. The Labute approximate surface area is 117 Å². The van der Waals surface area contributed by atoms with Gasteiger partial charge in [-0.2, -0.15) is 0 Å². The van der Waals surface area contributed by atoms with Crippen molar-refractivity contribution in [2.75, 3.05) is 0 Å². The van der Waals surface area contributed by atoms with Crippen molar-refractivity contribution >= 4 is 26.8 Å². The van der Waals surface area contributed by atoms with Crippen LogP contribution < -0.4 is 5.56 Å². The van der Waals surface area contributed by atoms with E-state index in [2.05, 4.69) is 20.9 Å². The topological polar surface area (TPSA) is 53.1 Å². The second-order valence-electron chi connectivity index (χ2n) is 4.23. The quantitative estimate of drug-likeness (QED) is 0.720. The molecule has 0 bridgehead atoms. The molecular formula is C15H10BrNO2. The van der Waals surface area contributed by atoms with Crippen LogP contribution in [-0.2, 0) is 0 Å². The van der Waals surface area contributed by atoms with Crippen molar-refractivity contribution < 1.29 is 5.11 Å². The van der Waals surface area contributed by atoms with Crippen LogP contribution in [0.2, 0.25) is 0 Å². The summed E-state index contributed by atoms with van der Waals surface area (Å²) < 4.78 is 0.892. The van der Waals surface area contributed by atoms with Gasteiger partial charge in [-0.15, -0.1) is 0 Å². The van der Waals surface area contributed by atoms with Crippen molar-refractivity contribution in [3.8, 4) is 16.9 Å². The summed E-state index contributed by atoms with van der Waals surface area (Å²) in [4.78, 5) is 14.5. The van der Waals surface area contributed by atoms with Crippen molar-refractivity contribution in [3.05, 3.63) is 63.4 Å². The first-order valence-corrected chi connectivity index (χ1v) is 6.56. The maximum absolute atomic E-state index is 11.8.